The van der Waals surface area contributed by atoms with Crippen LogP contribution in [0, 0.1) is 0 Å². The van der Waals surface area contributed by atoms with Crippen LogP contribution < -0.4 is 26.0 Å². The van der Waals surface area contributed by atoms with Crippen LogP contribution in [-0.2, 0) is 18.5 Å². The molecule has 5 aromatic heterocycles. The average Bonchev–Trinajstić information content (AvgIpc) is 3.08. The Morgan fingerprint density at radius 1 is 0.614 bits per heavy atom. The molecule has 0 saturated heterocycles. The third-order valence-electron chi connectivity index (χ3n) is 7.21. The summed E-state index contributed by atoms with van der Waals surface area (Å²) in [6.45, 7) is 5.60. The number of aliphatic hydroxyl groups is 1. The molecule has 5 rings (SSSR count). The third kappa shape index (κ3) is 12.1. The summed E-state index contributed by atoms with van der Waals surface area (Å²) in [7, 11) is 0. The molecule has 5 heterocycles. The fraction of sp³-hybridized carbons (Fsp3) is 0.324. The minimum atomic E-state index is -5.06. The van der Waals surface area contributed by atoms with Crippen molar-refractivity contribution in [2.24, 2.45) is 0 Å². The Morgan fingerprint density at radius 2 is 1.14 bits per heavy atom. The number of pyridine rings is 3. The minimum Gasteiger partial charge on any atom is -0.484 e. The maximum absolute atomic E-state index is 14.5. The highest BCUT2D eigenvalue weighted by molar-refractivity contribution is 6.29. The van der Waals surface area contributed by atoms with Crippen LogP contribution in [0.25, 0.3) is 11.4 Å². The first-order valence-electron chi connectivity index (χ1n) is 16.3. The van der Waals surface area contributed by atoms with Crippen molar-refractivity contribution in [2.45, 2.75) is 57.4 Å². The molecule has 5 N–H and O–H groups in total. The van der Waals surface area contributed by atoms with Gasteiger partial charge < -0.3 is 31.1 Å². The molecule has 0 unspecified atom stereocenters. The second kappa shape index (κ2) is 16.0. The van der Waals surface area contributed by atoms with E-state index in [1.807, 2.05) is 0 Å². The molecule has 23 heteroatoms. The van der Waals surface area contributed by atoms with Crippen molar-refractivity contribution in [1.29, 1.82) is 0 Å². The molecule has 0 atom stereocenters. The lowest BCUT2D eigenvalue weighted by molar-refractivity contribution is -0.143. The monoisotopic (exact) mass is 831 g/mol. The van der Waals surface area contributed by atoms with Crippen LogP contribution >= 0.6 is 11.6 Å². The molecule has 0 spiro atoms. The van der Waals surface area contributed by atoms with Gasteiger partial charge in [0.25, 0.3) is 0 Å². The lowest BCUT2D eigenvalue weighted by atomic mass is 10.1. The summed E-state index contributed by atoms with van der Waals surface area (Å²) in [5.74, 6) is -1.15. The van der Waals surface area contributed by atoms with E-state index in [2.05, 4.69) is 56.2 Å². The molecule has 0 saturated carbocycles. The van der Waals surface area contributed by atoms with E-state index < -0.39 is 52.6 Å². The van der Waals surface area contributed by atoms with Gasteiger partial charge in [-0.05, 0) is 64.1 Å². The maximum atomic E-state index is 14.5. The first-order valence-corrected chi connectivity index (χ1v) is 16.7. The summed E-state index contributed by atoms with van der Waals surface area (Å²) in [6.07, 6.45) is -12.7. The Morgan fingerprint density at radius 3 is 1.67 bits per heavy atom. The molecule has 0 radical (unpaired) electrons. The fourth-order valence-corrected chi connectivity index (χ4v) is 4.88. The third-order valence-corrected chi connectivity index (χ3v) is 7.40. The Hall–Kier alpha value is -5.77. The normalized spacial score (nSPS) is 12.6. The Labute approximate surface area is 322 Å². The summed E-state index contributed by atoms with van der Waals surface area (Å²) in [5.41, 5.74) is -7.17. The second-order valence-corrected chi connectivity index (χ2v) is 13.8. The highest BCUT2D eigenvalue weighted by atomic mass is 35.5. The van der Waals surface area contributed by atoms with Gasteiger partial charge >= 0.3 is 18.5 Å². The average molecular weight is 832 g/mol. The van der Waals surface area contributed by atoms with Crippen LogP contribution in [0.3, 0.4) is 0 Å². The molecular weight excluding hydrogens is 801 g/mol. The molecule has 0 aromatic carbocycles. The number of ether oxygens (including phenoxy) is 1. The Kier molecular flexibility index (Phi) is 11.9. The molecule has 13 nitrogen and oxygen atoms in total. The van der Waals surface area contributed by atoms with E-state index in [4.69, 9.17) is 16.3 Å². The van der Waals surface area contributed by atoms with E-state index in [0.29, 0.717) is 6.07 Å². The summed E-state index contributed by atoms with van der Waals surface area (Å²) >= 11 is 6.10. The zero-order valence-electron chi connectivity index (χ0n) is 30.0. The molecule has 0 amide bonds. The van der Waals surface area contributed by atoms with E-state index in [1.54, 1.807) is 0 Å². The molecule has 5 aromatic rings. The van der Waals surface area contributed by atoms with Crippen molar-refractivity contribution < 1.29 is 49.4 Å². The van der Waals surface area contributed by atoms with Gasteiger partial charge in [0, 0.05) is 42.4 Å². The number of hydrogen-bond donors (Lipinski definition) is 5. The molecule has 0 aliphatic rings. The molecule has 304 valence electrons. The van der Waals surface area contributed by atoms with Crippen molar-refractivity contribution in [2.75, 3.05) is 34.4 Å². The van der Waals surface area contributed by atoms with Crippen molar-refractivity contribution in [1.82, 2.24) is 34.9 Å². The van der Waals surface area contributed by atoms with Crippen molar-refractivity contribution in [3.8, 4) is 17.1 Å². The van der Waals surface area contributed by atoms with Gasteiger partial charge in [0.2, 0.25) is 11.9 Å². The molecule has 57 heavy (non-hydrogen) atoms. The standard InChI is InChI=1S/C34H31ClF9N11O2/c1-30(2,56)15-47-25-13-20(52-28(54-25)49-17-7-9-45-22(11-17)32(36,37)38)19-5-6-21(27(51-19)34(42,43)44)57-31(3,4)16-48-26-14-24(35)53-29(55-26)50-18-8-10-46-23(12-18)33(39,40)41/h5-14,56H,15-16H2,1-4H3,(H2,45,47,49,52,54)(H2,46,48,50,53,55). The van der Waals surface area contributed by atoms with Crippen LogP contribution in [0.15, 0.2) is 60.9 Å². The van der Waals surface area contributed by atoms with Crippen LogP contribution in [0.4, 0.5) is 74.4 Å². The number of rotatable bonds is 13. The van der Waals surface area contributed by atoms with E-state index in [1.165, 1.54) is 58.0 Å². The summed E-state index contributed by atoms with van der Waals surface area (Å²) in [5, 5.41) is 20.9. The topological polar surface area (TPSA) is 168 Å². The van der Waals surface area contributed by atoms with E-state index >= 15 is 0 Å². The van der Waals surface area contributed by atoms with E-state index in [-0.39, 0.29) is 64.5 Å². The zero-order valence-corrected chi connectivity index (χ0v) is 30.7. The zero-order chi connectivity index (χ0) is 42.0. The number of nitrogens with zero attached hydrogens (tertiary/aromatic N) is 7. The predicted molar refractivity (Wildman–Crippen MR) is 190 cm³/mol. The van der Waals surface area contributed by atoms with Crippen molar-refractivity contribution in [3.05, 3.63) is 83.2 Å². The molecule has 0 fully saturated rings. The van der Waals surface area contributed by atoms with Gasteiger partial charge in [-0.25, -0.2) is 15.0 Å². The minimum absolute atomic E-state index is 0.00682. The quantitative estimate of drug-likeness (QED) is 0.0565. The maximum Gasteiger partial charge on any atom is 0.437 e. The molecular formula is C34H31ClF9N11O2. The number of aromatic nitrogens is 7. The van der Waals surface area contributed by atoms with E-state index in [9.17, 15) is 44.6 Å². The van der Waals surface area contributed by atoms with Crippen molar-refractivity contribution >= 4 is 46.5 Å². The first kappa shape index (κ1) is 42.4. The van der Waals surface area contributed by atoms with Gasteiger partial charge in [0.1, 0.15) is 33.8 Å². The molecule has 0 aliphatic carbocycles. The van der Waals surface area contributed by atoms with Crippen LogP contribution in [0.2, 0.25) is 5.15 Å². The van der Waals surface area contributed by atoms with Gasteiger partial charge in [-0.3, -0.25) is 9.97 Å². The van der Waals surface area contributed by atoms with Gasteiger partial charge in [-0.1, -0.05) is 11.6 Å². The Bertz CT molecular complexity index is 2210. The summed E-state index contributed by atoms with van der Waals surface area (Å²) < 4.78 is 128. The van der Waals surface area contributed by atoms with Gasteiger partial charge in [-0.2, -0.15) is 49.5 Å². The number of halogens is 10. The lowest BCUT2D eigenvalue weighted by Crippen LogP contribution is -2.37. The summed E-state index contributed by atoms with van der Waals surface area (Å²) in [4.78, 5) is 26.8. The van der Waals surface area contributed by atoms with E-state index in [0.717, 1.165) is 24.5 Å². The van der Waals surface area contributed by atoms with Gasteiger partial charge in [0.05, 0.1) is 23.5 Å². The van der Waals surface area contributed by atoms with Crippen LogP contribution in [0.5, 0.6) is 5.75 Å². The smallest absolute Gasteiger partial charge is 0.437 e. The first-order chi connectivity index (χ1) is 26.3. The number of alkyl halides is 9. The van der Waals surface area contributed by atoms with Crippen molar-refractivity contribution in [3.63, 3.8) is 0 Å². The van der Waals surface area contributed by atoms with Crippen LogP contribution in [-0.4, -0.2) is 64.3 Å². The largest absolute Gasteiger partial charge is 0.484 e. The molecule has 0 aliphatic heterocycles. The molecule has 0 bridgehead atoms. The number of hydrogen-bond acceptors (Lipinski definition) is 13. The van der Waals surface area contributed by atoms with Gasteiger partial charge in [-0.15, -0.1) is 0 Å². The second-order valence-electron chi connectivity index (χ2n) is 13.4. The Balaban J connectivity index is 1.39. The SMILES string of the molecule is CC(C)(O)CNc1cc(-c2ccc(OC(C)(C)CNc3cc(Cl)nc(Nc4ccnc(C(F)(F)F)c4)n3)c(C(F)(F)F)n2)nc(Nc2ccnc(C(F)(F)F)c2)n1. The number of anilines is 6. The van der Waals surface area contributed by atoms with Crippen LogP contribution in [0.1, 0.15) is 44.8 Å². The fourth-order valence-electron chi connectivity index (χ4n) is 4.69. The highest BCUT2D eigenvalue weighted by Gasteiger charge is 2.39. The number of nitrogens with one attached hydrogen (secondary N) is 4. The lowest BCUT2D eigenvalue weighted by Gasteiger charge is -2.28. The highest BCUT2D eigenvalue weighted by Crippen LogP contribution is 2.38. The summed E-state index contributed by atoms with van der Waals surface area (Å²) in [6, 6.07) is 8.57. The van der Waals surface area contributed by atoms with Gasteiger partial charge in [0.15, 0.2) is 11.4 Å². The predicted octanol–water partition coefficient (Wildman–Crippen LogP) is 8.77.